The van der Waals surface area contributed by atoms with Gasteiger partial charge >= 0.3 is 0 Å². The monoisotopic (exact) mass is 348 g/mol. The van der Waals surface area contributed by atoms with Gasteiger partial charge in [-0.3, -0.25) is 0 Å². The van der Waals surface area contributed by atoms with Crippen molar-refractivity contribution in [3.05, 3.63) is 41.0 Å². The number of phenols is 1. The topological polar surface area (TPSA) is 61.1 Å². The molecule has 0 amide bonds. The summed E-state index contributed by atoms with van der Waals surface area (Å²) in [6, 6.07) is 8.97. The van der Waals surface area contributed by atoms with Gasteiger partial charge in [0.15, 0.2) is 5.82 Å². The molecule has 0 radical (unpaired) electrons. The summed E-state index contributed by atoms with van der Waals surface area (Å²) < 4.78 is 0.882. The van der Waals surface area contributed by atoms with Crippen LogP contribution in [0.15, 0.2) is 51.2 Å². The van der Waals surface area contributed by atoms with Crippen LogP contribution in [0.1, 0.15) is 13.8 Å². The minimum atomic E-state index is 0.111. The van der Waals surface area contributed by atoms with Crippen molar-refractivity contribution in [3.63, 3.8) is 0 Å². The molecule has 1 aromatic heterocycles. The lowest BCUT2D eigenvalue weighted by Crippen LogP contribution is -2.21. The first-order chi connectivity index (χ1) is 10.1. The average Bonchev–Trinajstić information content (AvgIpc) is 2.49. The van der Waals surface area contributed by atoms with E-state index in [2.05, 4.69) is 49.9 Å². The number of anilines is 1. The van der Waals surface area contributed by atoms with Gasteiger partial charge in [0, 0.05) is 35.5 Å². The Morgan fingerprint density at radius 3 is 2.48 bits per heavy atom. The van der Waals surface area contributed by atoms with Gasteiger partial charge in [0.1, 0.15) is 11.4 Å². The zero-order valence-electron chi connectivity index (χ0n) is 12.0. The number of azo groups is 1. The van der Waals surface area contributed by atoms with Crippen LogP contribution in [-0.2, 0) is 0 Å². The summed E-state index contributed by atoms with van der Waals surface area (Å²) in [4.78, 5) is 6.25. The van der Waals surface area contributed by atoms with Gasteiger partial charge in [-0.2, -0.15) is 0 Å². The highest BCUT2D eigenvalue weighted by molar-refractivity contribution is 9.10. The second-order valence-corrected chi connectivity index (χ2v) is 5.30. The van der Waals surface area contributed by atoms with Crippen molar-refractivity contribution in [2.75, 3.05) is 18.0 Å². The van der Waals surface area contributed by atoms with Crippen LogP contribution in [0.3, 0.4) is 0 Å². The van der Waals surface area contributed by atoms with E-state index >= 15 is 0 Å². The van der Waals surface area contributed by atoms with Crippen LogP contribution in [-0.4, -0.2) is 23.2 Å². The largest absolute Gasteiger partial charge is 0.506 e. The number of nitrogens with zero attached hydrogens (tertiary/aromatic N) is 4. The lowest BCUT2D eigenvalue weighted by atomic mass is 10.2. The molecule has 0 unspecified atom stereocenters. The fourth-order valence-electron chi connectivity index (χ4n) is 1.91. The van der Waals surface area contributed by atoms with E-state index in [-0.39, 0.29) is 5.75 Å². The number of hydrogen-bond acceptors (Lipinski definition) is 5. The van der Waals surface area contributed by atoms with Crippen LogP contribution in [0.25, 0.3) is 0 Å². The number of hydrogen-bond donors (Lipinski definition) is 1. The molecule has 1 N–H and O–H groups in total. The third-order valence-corrected chi connectivity index (χ3v) is 3.53. The van der Waals surface area contributed by atoms with Crippen LogP contribution in [0.2, 0.25) is 0 Å². The Bertz CT molecular complexity index is 624. The van der Waals surface area contributed by atoms with Gasteiger partial charge in [-0.25, -0.2) is 4.98 Å². The van der Waals surface area contributed by atoms with Crippen LogP contribution in [0.4, 0.5) is 17.2 Å². The maximum atomic E-state index is 10.0. The van der Waals surface area contributed by atoms with Crippen molar-refractivity contribution >= 4 is 33.1 Å². The van der Waals surface area contributed by atoms with Crippen LogP contribution in [0.5, 0.6) is 5.75 Å². The summed E-state index contributed by atoms with van der Waals surface area (Å²) in [5.74, 6) is 0.602. The number of aromatic hydroxyl groups is 1. The van der Waals surface area contributed by atoms with Crippen LogP contribution < -0.4 is 4.90 Å². The zero-order chi connectivity index (χ0) is 15.2. The molecule has 0 fully saturated rings. The number of benzene rings is 1. The maximum Gasteiger partial charge on any atom is 0.174 e. The molecule has 0 spiro atoms. The second-order valence-electron chi connectivity index (χ2n) is 4.38. The van der Waals surface area contributed by atoms with Crippen molar-refractivity contribution in [2.24, 2.45) is 10.2 Å². The average molecular weight is 349 g/mol. The van der Waals surface area contributed by atoms with Gasteiger partial charge < -0.3 is 10.0 Å². The Kier molecular flexibility index (Phi) is 5.27. The van der Waals surface area contributed by atoms with Crippen LogP contribution in [0, 0.1) is 0 Å². The van der Waals surface area contributed by atoms with E-state index in [1.165, 1.54) is 0 Å². The highest BCUT2D eigenvalue weighted by Gasteiger charge is 2.06. The maximum absolute atomic E-state index is 10.0. The normalized spacial score (nSPS) is 11.0. The lowest BCUT2D eigenvalue weighted by molar-refractivity contribution is 0.476. The molecule has 6 heteroatoms. The summed E-state index contributed by atoms with van der Waals surface area (Å²) >= 11 is 3.31. The molecule has 0 saturated heterocycles. The molecule has 0 aliphatic heterocycles. The van der Waals surface area contributed by atoms with Crippen molar-refractivity contribution < 1.29 is 5.11 Å². The van der Waals surface area contributed by atoms with E-state index in [0.717, 1.165) is 23.2 Å². The molecule has 0 atom stereocenters. The van der Waals surface area contributed by atoms with Crippen molar-refractivity contribution in [3.8, 4) is 5.75 Å². The number of aromatic nitrogens is 1. The Labute approximate surface area is 132 Å². The zero-order valence-corrected chi connectivity index (χ0v) is 13.6. The highest BCUT2D eigenvalue weighted by atomic mass is 79.9. The minimum absolute atomic E-state index is 0.111. The predicted octanol–water partition coefficient (Wildman–Crippen LogP) is 4.81. The first-order valence-corrected chi connectivity index (χ1v) is 7.54. The number of rotatable bonds is 5. The molecule has 1 heterocycles. The van der Waals surface area contributed by atoms with E-state index in [1.807, 2.05) is 12.1 Å². The molecular formula is C15H17BrN4O. The van der Waals surface area contributed by atoms with Gasteiger partial charge in [0.2, 0.25) is 0 Å². The van der Waals surface area contributed by atoms with Gasteiger partial charge in [0.25, 0.3) is 0 Å². The molecule has 0 saturated carbocycles. The molecule has 110 valence electrons. The molecule has 0 bridgehead atoms. The number of halogens is 1. The number of phenolic OH excluding ortho intramolecular Hbond substituents is 1. The minimum Gasteiger partial charge on any atom is -0.506 e. The Balaban J connectivity index is 2.19. The smallest absolute Gasteiger partial charge is 0.174 e. The lowest BCUT2D eigenvalue weighted by Gasteiger charge is -2.21. The van der Waals surface area contributed by atoms with E-state index in [1.54, 1.807) is 24.4 Å². The molecular weight excluding hydrogens is 332 g/mol. The van der Waals surface area contributed by atoms with E-state index in [9.17, 15) is 5.11 Å². The summed E-state index contributed by atoms with van der Waals surface area (Å²) in [6.45, 7) is 5.93. The third kappa shape index (κ3) is 4.01. The van der Waals surface area contributed by atoms with Crippen molar-refractivity contribution in [1.29, 1.82) is 0 Å². The van der Waals surface area contributed by atoms with Gasteiger partial charge in [0.05, 0.1) is 0 Å². The SMILES string of the molecule is CCN(CC)c1ccc(N=Nc2ccc(Br)cn2)c(O)c1. The van der Waals surface area contributed by atoms with Gasteiger partial charge in [-0.05, 0) is 54.0 Å². The predicted molar refractivity (Wildman–Crippen MR) is 87.8 cm³/mol. The molecule has 0 aliphatic carbocycles. The highest BCUT2D eigenvalue weighted by Crippen LogP contribution is 2.32. The quantitative estimate of drug-likeness (QED) is 0.788. The standard InChI is InChI=1S/C15H17BrN4O/c1-3-20(4-2)12-6-7-13(14(21)9-12)18-19-15-8-5-11(16)10-17-15/h5-10,21H,3-4H2,1-2H3. The van der Waals surface area contributed by atoms with E-state index in [4.69, 9.17) is 0 Å². The van der Waals surface area contributed by atoms with Gasteiger partial charge in [-0.15, -0.1) is 10.2 Å². The molecule has 2 aromatic rings. The summed E-state index contributed by atoms with van der Waals surface area (Å²) in [5.41, 5.74) is 1.40. The summed E-state index contributed by atoms with van der Waals surface area (Å²) in [7, 11) is 0. The first kappa shape index (κ1) is 15.4. The van der Waals surface area contributed by atoms with Crippen molar-refractivity contribution in [2.45, 2.75) is 13.8 Å². The Hall–Kier alpha value is -1.95. The number of pyridine rings is 1. The Morgan fingerprint density at radius 1 is 1.14 bits per heavy atom. The van der Waals surface area contributed by atoms with E-state index < -0.39 is 0 Å². The molecule has 1 aromatic carbocycles. The molecule has 21 heavy (non-hydrogen) atoms. The fourth-order valence-corrected chi connectivity index (χ4v) is 2.15. The molecule has 0 aliphatic rings. The van der Waals surface area contributed by atoms with Crippen molar-refractivity contribution in [1.82, 2.24) is 4.98 Å². The first-order valence-electron chi connectivity index (χ1n) is 6.75. The summed E-state index contributed by atoms with van der Waals surface area (Å²) in [5, 5.41) is 18.1. The summed E-state index contributed by atoms with van der Waals surface area (Å²) in [6.07, 6.45) is 1.65. The van der Waals surface area contributed by atoms with E-state index in [0.29, 0.717) is 11.5 Å². The van der Waals surface area contributed by atoms with Gasteiger partial charge in [-0.1, -0.05) is 0 Å². The molecule has 5 nitrogen and oxygen atoms in total. The Morgan fingerprint density at radius 2 is 1.90 bits per heavy atom. The van der Waals surface area contributed by atoms with Crippen LogP contribution >= 0.6 is 15.9 Å². The fraction of sp³-hybridized carbons (Fsp3) is 0.267. The third-order valence-electron chi connectivity index (χ3n) is 3.06. The second kappa shape index (κ2) is 7.17. The molecule has 2 rings (SSSR count).